The third kappa shape index (κ3) is 4.89. The van der Waals surface area contributed by atoms with E-state index in [2.05, 4.69) is 5.32 Å². The molecule has 150 valence electrons. The topological polar surface area (TPSA) is 75.7 Å². The maximum Gasteiger partial charge on any atom is 0.251 e. The summed E-state index contributed by atoms with van der Waals surface area (Å²) in [5, 5.41) is 3.10. The van der Waals surface area contributed by atoms with Gasteiger partial charge in [-0.05, 0) is 37.0 Å². The first-order chi connectivity index (χ1) is 13.0. The lowest BCUT2D eigenvalue weighted by molar-refractivity contribution is 0.0730. The van der Waals surface area contributed by atoms with Gasteiger partial charge in [-0.2, -0.15) is 4.31 Å². The molecule has 0 spiro atoms. The van der Waals surface area contributed by atoms with Gasteiger partial charge in [-0.3, -0.25) is 4.79 Å². The number of hydrogen-bond donors (Lipinski definition) is 1. The molecular formula is C20H30N2O4S. The number of ether oxygens (including phenoxy) is 1. The van der Waals surface area contributed by atoms with Gasteiger partial charge >= 0.3 is 0 Å². The summed E-state index contributed by atoms with van der Waals surface area (Å²) in [6.45, 7) is 3.44. The molecular weight excluding hydrogens is 364 g/mol. The fourth-order valence-electron chi connectivity index (χ4n) is 3.85. The zero-order valence-corrected chi connectivity index (χ0v) is 16.9. The number of sulfonamides is 1. The second-order valence-electron chi connectivity index (χ2n) is 7.35. The number of hydrogen-bond acceptors (Lipinski definition) is 4. The summed E-state index contributed by atoms with van der Waals surface area (Å²) in [7, 11) is -3.63. The third-order valence-electron chi connectivity index (χ3n) is 5.49. The fraction of sp³-hybridized carbons (Fsp3) is 0.650. The van der Waals surface area contributed by atoms with Crippen LogP contribution in [0.25, 0.3) is 0 Å². The summed E-state index contributed by atoms with van der Waals surface area (Å²) in [5.41, 5.74) is 1.16. The minimum Gasteiger partial charge on any atom is -0.379 e. The lowest BCUT2D eigenvalue weighted by atomic mass is 10.1. The van der Waals surface area contributed by atoms with Gasteiger partial charge in [0.05, 0.1) is 18.1 Å². The van der Waals surface area contributed by atoms with E-state index in [-0.39, 0.29) is 16.8 Å². The van der Waals surface area contributed by atoms with Gasteiger partial charge in [0.25, 0.3) is 5.91 Å². The largest absolute Gasteiger partial charge is 0.379 e. The first-order valence-electron chi connectivity index (χ1n) is 10.0. The van der Waals surface area contributed by atoms with Gasteiger partial charge < -0.3 is 10.1 Å². The van der Waals surface area contributed by atoms with Gasteiger partial charge in [0.15, 0.2) is 0 Å². The molecule has 0 unspecified atom stereocenters. The van der Waals surface area contributed by atoms with Crippen LogP contribution in [0.2, 0.25) is 0 Å². The monoisotopic (exact) mass is 394 g/mol. The summed E-state index contributed by atoms with van der Waals surface area (Å²) in [5.74, 6) is -0.178. The number of carbonyl (C=O) groups excluding carboxylic acids is 1. The Bertz CT molecular complexity index is 749. The Morgan fingerprint density at radius 2 is 1.81 bits per heavy atom. The number of morpholine rings is 1. The van der Waals surface area contributed by atoms with Crippen LogP contribution in [-0.4, -0.2) is 51.0 Å². The molecule has 1 heterocycles. The number of nitrogens with zero attached hydrogens (tertiary/aromatic N) is 1. The molecule has 7 heteroatoms. The lowest BCUT2D eigenvalue weighted by Gasteiger charge is -2.27. The maximum absolute atomic E-state index is 13.1. The van der Waals surface area contributed by atoms with E-state index < -0.39 is 10.0 Å². The maximum atomic E-state index is 13.1. The molecule has 1 N–H and O–H groups in total. The molecule has 0 aromatic heterocycles. The average molecular weight is 395 g/mol. The molecule has 1 saturated carbocycles. The SMILES string of the molecule is CCc1ccc(C(=O)NC2CCCCCC2)cc1S(=O)(=O)N1CCOCC1. The van der Waals surface area contributed by atoms with Gasteiger partial charge in [0, 0.05) is 24.7 Å². The molecule has 0 atom stereocenters. The van der Waals surface area contributed by atoms with Crippen LogP contribution in [0.4, 0.5) is 0 Å². The molecule has 27 heavy (non-hydrogen) atoms. The molecule has 1 aromatic rings. The average Bonchev–Trinajstić information content (AvgIpc) is 2.96. The zero-order chi connectivity index (χ0) is 19.3. The number of benzene rings is 1. The van der Waals surface area contributed by atoms with Crippen molar-refractivity contribution in [2.45, 2.75) is 62.8 Å². The molecule has 0 radical (unpaired) electrons. The van der Waals surface area contributed by atoms with Crippen molar-refractivity contribution in [3.63, 3.8) is 0 Å². The highest BCUT2D eigenvalue weighted by molar-refractivity contribution is 7.89. The van der Waals surface area contributed by atoms with Gasteiger partial charge in [0.2, 0.25) is 10.0 Å². The molecule has 1 saturated heterocycles. The Kier molecular flexibility index (Phi) is 6.89. The summed E-state index contributed by atoms with van der Waals surface area (Å²) >= 11 is 0. The molecule has 6 nitrogen and oxygen atoms in total. The molecule has 1 amide bonds. The normalized spacial score (nSPS) is 20.2. The molecule has 2 aliphatic rings. The van der Waals surface area contributed by atoms with Crippen LogP contribution < -0.4 is 5.32 Å². The van der Waals surface area contributed by atoms with Crippen molar-refractivity contribution in [2.75, 3.05) is 26.3 Å². The summed E-state index contributed by atoms with van der Waals surface area (Å²) in [6.07, 6.45) is 7.31. The van der Waals surface area contributed by atoms with E-state index in [1.807, 2.05) is 6.92 Å². The van der Waals surface area contributed by atoms with E-state index in [4.69, 9.17) is 4.74 Å². The summed E-state index contributed by atoms with van der Waals surface area (Å²) in [4.78, 5) is 13.0. The first kappa shape index (κ1) is 20.3. The van der Waals surface area contributed by atoms with Crippen molar-refractivity contribution in [1.29, 1.82) is 0 Å². The van der Waals surface area contributed by atoms with Crippen LogP contribution in [-0.2, 0) is 21.2 Å². The Labute approximate surface area is 162 Å². The van der Waals surface area contributed by atoms with Crippen molar-refractivity contribution < 1.29 is 17.9 Å². The molecule has 1 aliphatic carbocycles. The Morgan fingerprint density at radius 3 is 2.44 bits per heavy atom. The van der Waals surface area contributed by atoms with Crippen molar-refractivity contribution >= 4 is 15.9 Å². The van der Waals surface area contributed by atoms with Crippen LogP contribution in [0.3, 0.4) is 0 Å². The second-order valence-corrected chi connectivity index (χ2v) is 9.26. The van der Waals surface area contributed by atoms with E-state index in [9.17, 15) is 13.2 Å². The van der Waals surface area contributed by atoms with Crippen molar-refractivity contribution in [3.8, 4) is 0 Å². The van der Waals surface area contributed by atoms with Crippen LogP contribution >= 0.6 is 0 Å². The number of carbonyl (C=O) groups is 1. The van der Waals surface area contributed by atoms with Crippen molar-refractivity contribution in [2.24, 2.45) is 0 Å². The molecule has 1 aromatic carbocycles. The Morgan fingerprint density at radius 1 is 1.15 bits per heavy atom. The highest BCUT2D eigenvalue weighted by Crippen LogP contribution is 2.24. The van der Waals surface area contributed by atoms with Gasteiger partial charge in [-0.1, -0.05) is 38.7 Å². The lowest BCUT2D eigenvalue weighted by Crippen LogP contribution is -2.41. The fourth-order valence-corrected chi connectivity index (χ4v) is 5.57. The smallest absolute Gasteiger partial charge is 0.251 e. The Hall–Kier alpha value is -1.44. The number of nitrogens with one attached hydrogen (secondary N) is 1. The number of amides is 1. The highest BCUT2D eigenvalue weighted by atomic mass is 32.2. The second kappa shape index (κ2) is 9.17. The van der Waals surface area contributed by atoms with Gasteiger partial charge in [-0.15, -0.1) is 0 Å². The minimum atomic E-state index is -3.63. The predicted octanol–water partition coefficient (Wildman–Crippen LogP) is 2.72. The Balaban J connectivity index is 1.83. The highest BCUT2D eigenvalue weighted by Gasteiger charge is 2.29. The predicted molar refractivity (Wildman–Crippen MR) is 104 cm³/mol. The zero-order valence-electron chi connectivity index (χ0n) is 16.1. The summed E-state index contributed by atoms with van der Waals surface area (Å²) in [6, 6.07) is 5.25. The summed E-state index contributed by atoms with van der Waals surface area (Å²) < 4.78 is 33.0. The van der Waals surface area contributed by atoms with Gasteiger partial charge in [0.1, 0.15) is 0 Å². The van der Waals surface area contributed by atoms with E-state index >= 15 is 0 Å². The molecule has 3 rings (SSSR count). The van der Waals surface area contributed by atoms with E-state index in [0.717, 1.165) is 31.2 Å². The van der Waals surface area contributed by atoms with Crippen molar-refractivity contribution in [3.05, 3.63) is 29.3 Å². The van der Waals surface area contributed by atoms with E-state index in [0.29, 0.717) is 38.3 Å². The van der Waals surface area contributed by atoms with Crippen LogP contribution in [0, 0.1) is 0 Å². The van der Waals surface area contributed by atoms with Gasteiger partial charge in [-0.25, -0.2) is 8.42 Å². The van der Waals surface area contributed by atoms with Crippen LogP contribution in [0.5, 0.6) is 0 Å². The first-order valence-corrected chi connectivity index (χ1v) is 11.5. The molecule has 2 fully saturated rings. The quantitative estimate of drug-likeness (QED) is 0.779. The van der Waals surface area contributed by atoms with Crippen LogP contribution in [0.15, 0.2) is 23.1 Å². The minimum absolute atomic E-state index is 0.178. The number of aryl methyl sites for hydroxylation is 1. The van der Waals surface area contributed by atoms with Crippen LogP contribution in [0.1, 0.15) is 61.4 Å². The number of rotatable bonds is 5. The van der Waals surface area contributed by atoms with E-state index in [1.165, 1.54) is 17.1 Å². The standard InChI is InChI=1S/C20H30N2O4S/c1-2-16-9-10-17(20(23)21-18-7-5-3-4-6-8-18)15-19(16)27(24,25)22-11-13-26-14-12-22/h9-10,15,18H,2-8,11-14H2,1H3,(H,21,23). The van der Waals surface area contributed by atoms with Crippen molar-refractivity contribution in [1.82, 2.24) is 9.62 Å². The molecule has 0 bridgehead atoms. The molecule has 1 aliphatic heterocycles. The van der Waals surface area contributed by atoms with E-state index in [1.54, 1.807) is 18.2 Å². The third-order valence-corrected chi connectivity index (χ3v) is 7.47.